The number of nitrogens with one attached hydrogen (secondary N) is 2. The molecule has 260 valence electrons. The lowest BCUT2D eigenvalue weighted by molar-refractivity contribution is -0.232. The SMILES string of the molecule is Cc1ccc(C(=O)N(OC(=O)C(F)(F)F)C(C)C)cc1-c1nc(NCCCN2CCCC2=O)nc2c1CNC(=O)N2c1c(F)cccc1F. The number of aromatic nitrogens is 2. The standard InChI is InChI=1S/C32H32F5N7O5/c1-17(2)44(49-29(47)32(35,36)37)28(46)19-11-10-18(3)20(15-19)25-21-16-39-31(48)43(26-22(33)7-4-8-23(26)34)27(21)41-30(40-25)38-12-6-14-42-13-5-9-24(42)45/h4,7-8,10-11,15,17H,5-6,9,12-14,16H2,1-3H3,(H,39,48)(H,38,40,41). The van der Waals surface area contributed by atoms with E-state index in [4.69, 9.17) is 0 Å². The van der Waals surface area contributed by atoms with Crippen molar-refractivity contribution >= 4 is 41.3 Å². The molecule has 12 nitrogen and oxygen atoms in total. The summed E-state index contributed by atoms with van der Waals surface area (Å²) in [6.45, 7) is 5.57. The van der Waals surface area contributed by atoms with Crippen LogP contribution in [-0.4, -0.2) is 75.6 Å². The number of para-hydroxylation sites is 1. The number of benzene rings is 2. The molecule has 1 fully saturated rings. The van der Waals surface area contributed by atoms with Gasteiger partial charge < -0.3 is 20.4 Å². The van der Waals surface area contributed by atoms with Crippen LogP contribution >= 0.6 is 0 Å². The number of halogens is 5. The monoisotopic (exact) mass is 689 g/mol. The molecule has 2 aliphatic rings. The number of anilines is 3. The third-order valence-corrected chi connectivity index (χ3v) is 7.86. The van der Waals surface area contributed by atoms with Crippen LogP contribution in [0.3, 0.4) is 0 Å². The van der Waals surface area contributed by atoms with Gasteiger partial charge in [-0.3, -0.25) is 9.59 Å². The summed E-state index contributed by atoms with van der Waals surface area (Å²) in [5.74, 6) is -5.87. The Morgan fingerprint density at radius 3 is 2.45 bits per heavy atom. The highest BCUT2D eigenvalue weighted by Crippen LogP contribution is 2.39. The Balaban J connectivity index is 1.58. The van der Waals surface area contributed by atoms with Crippen LogP contribution in [0.2, 0.25) is 0 Å². The van der Waals surface area contributed by atoms with Crippen LogP contribution in [0.4, 0.5) is 44.2 Å². The van der Waals surface area contributed by atoms with E-state index < -0.39 is 47.4 Å². The van der Waals surface area contributed by atoms with Gasteiger partial charge in [0.25, 0.3) is 5.91 Å². The summed E-state index contributed by atoms with van der Waals surface area (Å²) in [4.78, 5) is 66.2. The summed E-state index contributed by atoms with van der Waals surface area (Å²) < 4.78 is 69.1. The second-order valence-electron chi connectivity index (χ2n) is 11.7. The highest BCUT2D eigenvalue weighted by Gasteiger charge is 2.44. The zero-order valence-electron chi connectivity index (χ0n) is 26.7. The first-order valence-electron chi connectivity index (χ1n) is 15.4. The third-order valence-electron chi connectivity index (χ3n) is 7.86. The first kappa shape index (κ1) is 35.0. The second-order valence-corrected chi connectivity index (χ2v) is 11.7. The molecule has 0 radical (unpaired) electrons. The molecule has 4 amide bonds. The zero-order chi connectivity index (χ0) is 35.6. The number of aryl methyl sites for hydroxylation is 1. The molecule has 0 bridgehead atoms. The average Bonchev–Trinajstić information content (AvgIpc) is 3.45. The van der Waals surface area contributed by atoms with Crippen molar-refractivity contribution in [1.29, 1.82) is 0 Å². The summed E-state index contributed by atoms with van der Waals surface area (Å²) in [6, 6.07) is 5.38. The number of alkyl halides is 3. The highest BCUT2D eigenvalue weighted by molar-refractivity contribution is 6.02. The predicted octanol–water partition coefficient (Wildman–Crippen LogP) is 5.39. The maximum atomic E-state index is 15.1. The van der Waals surface area contributed by atoms with Crippen molar-refractivity contribution < 1.29 is 46.0 Å². The van der Waals surface area contributed by atoms with Crippen molar-refractivity contribution in [2.75, 3.05) is 29.9 Å². The van der Waals surface area contributed by atoms with Gasteiger partial charge >= 0.3 is 18.2 Å². The number of fused-ring (bicyclic) bond motifs is 1. The van der Waals surface area contributed by atoms with Gasteiger partial charge in [-0.25, -0.2) is 28.3 Å². The predicted molar refractivity (Wildman–Crippen MR) is 165 cm³/mol. The molecule has 3 heterocycles. The van der Waals surface area contributed by atoms with Gasteiger partial charge in [0.15, 0.2) is 5.82 Å². The number of hydrogen-bond acceptors (Lipinski definition) is 8. The fourth-order valence-electron chi connectivity index (χ4n) is 5.44. The Kier molecular flexibility index (Phi) is 10.0. The number of rotatable bonds is 9. The number of amides is 4. The van der Waals surface area contributed by atoms with Crippen LogP contribution in [0, 0.1) is 18.6 Å². The first-order chi connectivity index (χ1) is 23.2. The molecule has 2 aliphatic heterocycles. The van der Waals surface area contributed by atoms with E-state index in [1.54, 1.807) is 11.8 Å². The smallest absolute Gasteiger partial charge is 0.354 e. The molecule has 5 rings (SSSR count). The lowest BCUT2D eigenvalue weighted by Gasteiger charge is -2.31. The molecule has 0 atom stereocenters. The normalized spacial score (nSPS) is 14.6. The van der Waals surface area contributed by atoms with Gasteiger partial charge in [0.2, 0.25) is 11.9 Å². The van der Waals surface area contributed by atoms with Crippen LogP contribution in [0.25, 0.3) is 11.3 Å². The number of carbonyl (C=O) groups is 4. The van der Waals surface area contributed by atoms with Crippen LogP contribution in [0.5, 0.6) is 0 Å². The summed E-state index contributed by atoms with van der Waals surface area (Å²) >= 11 is 0. The lowest BCUT2D eigenvalue weighted by atomic mass is 9.97. The van der Waals surface area contributed by atoms with Crippen molar-refractivity contribution in [2.45, 2.75) is 58.8 Å². The van der Waals surface area contributed by atoms with Gasteiger partial charge in [0.05, 0.1) is 18.3 Å². The van der Waals surface area contributed by atoms with Crippen LogP contribution in [-0.2, 0) is 21.0 Å². The van der Waals surface area contributed by atoms with E-state index in [0.29, 0.717) is 36.6 Å². The number of carbonyl (C=O) groups excluding carboxylic acids is 4. The van der Waals surface area contributed by atoms with E-state index >= 15 is 8.78 Å². The molecule has 0 spiro atoms. The zero-order valence-corrected chi connectivity index (χ0v) is 26.7. The molecule has 2 aromatic carbocycles. The summed E-state index contributed by atoms with van der Waals surface area (Å²) in [6.07, 6.45) is -3.60. The van der Waals surface area contributed by atoms with Gasteiger partial charge in [-0.2, -0.15) is 23.2 Å². The molecule has 1 aromatic heterocycles. The van der Waals surface area contributed by atoms with Crippen molar-refractivity contribution in [3.63, 3.8) is 0 Å². The summed E-state index contributed by atoms with van der Waals surface area (Å²) in [5, 5.41) is 5.91. The maximum absolute atomic E-state index is 15.1. The molecule has 0 unspecified atom stereocenters. The molecular weight excluding hydrogens is 657 g/mol. The molecular formula is C32H32F5N7O5. The molecule has 3 aromatic rings. The van der Waals surface area contributed by atoms with Gasteiger partial charge in [-0.1, -0.05) is 12.1 Å². The average molecular weight is 690 g/mol. The summed E-state index contributed by atoms with van der Waals surface area (Å²) in [5.41, 5.74) is 0.292. The molecule has 49 heavy (non-hydrogen) atoms. The molecule has 1 saturated heterocycles. The molecule has 0 saturated carbocycles. The minimum atomic E-state index is -5.35. The maximum Gasteiger partial charge on any atom is 0.493 e. The van der Waals surface area contributed by atoms with Crippen molar-refractivity contribution in [3.05, 3.63) is 64.7 Å². The van der Waals surface area contributed by atoms with Crippen molar-refractivity contribution in [2.24, 2.45) is 0 Å². The van der Waals surface area contributed by atoms with E-state index in [1.165, 1.54) is 32.0 Å². The topological polar surface area (TPSA) is 137 Å². The van der Waals surface area contributed by atoms with Gasteiger partial charge in [-0.05, 0) is 63.4 Å². The van der Waals surface area contributed by atoms with Gasteiger partial charge in [0.1, 0.15) is 17.3 Å². The van der Waals surface area contributed by atoms with E-state index in [-0.39, 0.29) is 53.1 Å². The second kappa shape index (κ2) is 14.0. The Morgan fingerprint density at radius 1 is 1.10 bits per heavy atom. The molecule has 17 heteroatoms. The van der Waals surface area contributed by atoms with E-state index in [0.717, 1.165) is 29.5 Å². The number of urea groups is 1. The Hall–Kier alpha value is -5.35. The number of nitrogens with zero attached hydrogens (tertiary/aromatic N) is 5. The third kappa shape index (κ3) is 7.39. The van der Waals surface area contributed by atoms with E-state index in [2.05, 4.69) is 25.4 Å². The molecule has 0 aliphatic carbocycles. The Bertz CT molecular complexity index is 1780. The van der Waals surface area contributed by atoms with Gasteiger partial charge in [-0.15, -0.1) is 0 Å². The lowest BCUT2D eigenvalue weighted by Crippen LogP contribution is -2.43. The quantitative estimate of drug-likeness (QED) is 0.174. The van der Waals surface area contributed by atoms with Crippen LogP contribution in [0.1, 0.15) is 54.6 Å². The fourth-order valence-corrected chi connectivity index (χ4v) is 5.44. The van der Waals surface area contributed by atoms with Crippen molar-refractivity contribution in [1.82, 2.24) is 25.2 Å². The number of likely N-dealkylation sites (tertiary alicyclic amines) is 1. The Morgan fingerprint density at radius 2 is 1.82 bits per heavy atom. The van der Waals surface area contributed by atoms with Gasteiger partial charge in [0, 0.05) is 42.7 Å². The van der Waals surface area contributed by atoms with Crippen molar-refractivity contribution in [3.8, 4) is 11.3 Å². The minimum absolute atomic E-state index is 0.0445. The van der Waals surface area contributed by atoms with E-state index in [9.17, 15) is 32.3 Å². The largest absolute Gasteiger partial charge is 0.493 e. The fraction of sp³-hybridized carbons (Fsp3) is 0.375. The highest BCUT2D eigenvalue weighted by atomic mass is 19.4. The number of hydroxylamine groups is 2. The van der Waals surface area contributed by atoms with Crippen LogP contribution < -0.4 is 15.5 Å². The van der Waals surface area contributed by atoms with E-state index in [1.807, 2.05) is 0 Å². The summed E-state index contributed by atoms with van der Waals surface area (Å²) in [7, 11) is 0. The number of hydrogen-bond donors (Lipinski definition) is 2. The minimum Gasteiger partial charge on any atom is -0.354 e. The Labute approximate surface area is 277 Å². The molecule has 2 N–H and O–H groups in total. The first-order valence-corrected chi connectivity index (χ1v) is 15.4. The van der Waals surface area contributed by atoms with Crippen LogP contribution in [0.15, 0.2) is 36.4 Å².